The van der Waals surface area contributed by atoms with E-state index in [0.29, 0.717) is 12.3 Å². The highest BCUT2D eigenvalue weighted by atomic mass is 35.5. The molecule has 0 aromatic heterocycles. The van der Waals surface area contributed by atoms with E-state index >= 15 is 0 Å². The van der Waals surface area contributed by atoms with Crippen LogP contribution in [0.2, 0.25) is 0 Å². The average molecular weight is 264 g/mol. The Morgan fingerprint density at radius 1 is 1.44 bits per heavy atom. The minimum absolute atomic E-state index is 0.257. The van der Waals surface area contributed by atoms with E-state index < -0.39 is 5.41 Å². The molecule has 0 fully saturated rings. The molecule has 1 rings (SSSR count). The maximum absolute atomic E-state index is 10.8. The van der Waals surface area contributed by atoms with E-state index in [2.05, 4.69) is 25.1 Å². The Hall–Kier alpha value is -1.33. The van der Waals surface area contributed by atoms with E-state index in [0.717, 1.165) is 6.42 Å². The fraction of sp³-hybridized carbons (Fsp3) is 0.467. The number of carbonyl (C=O) groups excluding carboxylic acids is 1. The molecule has 0 aliphatic heterocycles. The third-order valence-electron chi connectivity index (χ3n) is 3.27. The van der Waals surface area contributed by atoms with Crippen molar-refractivity contribution in [1.29, 1.82) is 5.26 Å². The summed E-state index contributed by atoms with van der Waals surface area (Å²) in [6.07, 6.45) is 1.51. The lowest BCUT2D eigenvalue weighted by Crippen LogP contribution is -2.18. The van der Waals surface area contributed by atoms with Crippen LogP contribution in [0, 0.1) is 16.7 Å². The van der Waals surface area contributed by atoms with Gasteiger partial charge in [0.05, 0.1) is 11.5 Å². The zero-order valence-electron chi connectivity index (χ0n) is 10.8. The molecule has 0 heterocycles. The third-order valence-corrected chi connectivity index (χ3v) is 3.46. The topological polar surface area (TPSA) is 40.9 Å². The number of hydrogen-bond acceptors (Lipinski definition) is 2. The summed E-state index contributed by atoms with van der Waals surface area (Å²) in [4.78, 5) is 10.8. The zero-order chi connectivity index (χ0) is 13.6. The maximum Gasteiger partial charge on any atom is 0.221 e. The van der Waals surface area contributed by atoms with Crippen LogP contribution >= 0.6 is 11.6 Å². The molecule has 1 aromatic carbocycles. The standard InChI is InChI=1S/C15H18ClNO/c1-12(13-6-4-3-5-7-13)10-15(2,11-17)9-8-14(16)18/h3-7,12H,8-10H2,1-2H3. The van der Waals surface area contributed by atoms with Crippen LogP contribution in [0.3, 0.4) is 0 Å². The van der Waals surface area contributed by atoms with Gasteiger partial charge in [0, 0.05) is 6.42 Å². The highest BCUT2D eigenvalue weighted by Crippen LogP contribution is 2.35. The maximum atomic E-state index is 10.8. The lowest BCUT2D eigenvalue weighted by atomic mass is 9.77. The van der Waals surface area contributed by atoms with E-state index in [9.17, 15) is 10.1 Å². The molecule has 2 unspecified atom stereocenters. The van der Waals surface area contributed by atoms with Crippen LogP contribution in [-0.4, -0.2) is 5.24 Å². The lowest BCUT2D eigenvalue weighted by Gasteiger charge is -2.25. The molecule has 0 radical (unpaired) electrons. The molecule has 3 heteroatoms. The molecule has 2 nitrogen and oxygen atoms in total. The quantitative estimate of drug-likeness (QED) is 0.720. The van der Waals surface area contributed by atoms with E-state index in [4.69, 9.17) is 11.6 Å². The minimum atomic E-state index is -0.500. The van der Waals surface area contributed by atoms with Crippen LogP contribution in [-0.2, 0) is 4.79 Å². The molecule has 1 aromatic rings. The number of carbonyl (C=O) groups is 1. The van der Waals surface area contributed by atoms with Crippen LogP contribution in [0.5, 0.6) is 0 Å². The Morgan fingerprint density at radius 2 is 2.06 bits per heavy atom. The normalized spacial score (nSPS) is 15.4. The van der Waals surface area contributed by atoms with Crippen molar-refractivity contribution in [1.82, 2.24) is 0 Å². The zero-order valence-corrected chi connectivity index (χ0v) is 11.6. The Balaban J connectivity index is 2.68. The van der Waals surface area contributed by atoms with Gasteiger partial charge in [-0.25, -0.2) is 0 Å². The van der Waals surface area contributed by atoms with E-state index in [1.807, 2.05) is 25.1 Å². The summed E-state index contributed by atoms with van der Waals surface area (Å²) in [6, 6.07) is 12.4. The molecule has 0 aliphatic rings. The number of nitrogens with zero attached hydrogens (tertiary/aromatic N) is 1. The van der Waals surface area contributed by atoms with Gasteiger partial charge in [0.2, 0.25) is 5.24 Å². The number of benzene rings is 1. The molecule has 0 aliphatic carbocycles. The second kappa shape index (κ2) is 6.56. The van der Waals surface area contributed by atoms with E-state index in [1.165, 1.54) is 5.56 Å². The van der Waals surface area contributed by atoms with Gasteiger partial charge in [-0.15, -0.1) is 0 Å². The lowest BCUT2D eigenvalue weighted by molar-refractivity contribution is -0.112. The molecule has 0 N–H and O–H groups in total. The van der Waals surface area contributed by atoms with Crippen molar-refractivity contribution in [3.63, 3.8) is 0 Å². The van der Waals surface area contributed by atoms with Gasteiger partial charge in [0.15, 0.2) is 0 Å². The molecule has 0 saturated heterocycles. The molecular weight excluding hydrogens is 246 g/mol. The Morgan fingerprint density at radius 3 is 2.56 bits per heavy atom. The largest absolute Gasteiger partial charge is 0.281 e. The summed E-state index contributed by atoms with van der Waals surface area (Å²) in [5.74, 6) is 0.293. The SMILES string of the molecule is CC(CC(C)(C#N)CCC(=O)Cl)c1ccccc1. The molecule has 96 valence electrons. The molecule has 0 bridgehead atoms. The highest BCUT2D eigenvalue weighted by Gasteiger charge is 2.27. The van der Waals surface area contributed by atoms with E-state index in [1.54, 1.807) is 0 Å². The summed E-state index contributed by atoms with van der Waals surface area (Å²) >= 11 is 5.35. The van der Waals surface area contributed by atoms with Crippen molar-refractivity contribution in [2.45, 2.75) is 39.0 Å². The summed E-state index contributed by atoms with van der Waals surface area (Å²) in [5.41, 5.74) is 0.718. The van der Waals surface area contributed by atoms with Crippen molar-refractivity contribution in [3.8, 4) is 6.07 Å². The molecule has 0 spiro atoms. The fourth-order valence-electron chi connectivity index (χ4n) is 2.15. The van der Waals surface area contributed by atoms with Gasteiger partial charge < -0.3 is 0 Å². The van der Waals surface area contributed by atoms with Crippen molar-refractivity contribution in [2.24, 2.45) is 5.41 Å². The van der Waals surface area contributed by atoms with Crippen molar-refractivity contribution >= 4 is 16.8 Å². The number of halogens is 1. The van der Waals surface area contributed by atoms with Crippen LogP contribution in [0.25, 0.3) is 0 Å². The second-order valence-corrected chi connectivity index (χ2v) is 5.47. The second-order valence-electron chi connectivity index (χ2n) is 5.04. The van der Waals surface area contributed by atoms with Crippen molar-refractivity contribution < 1.29 is 4.79 Å². The molecule has 2 atom stereocenters. The van der Waals surface area contributed by atoms with Gasteiger partial charge in [0.25, 0.3) is 0 Å². The summed E-state index contributed by atoms with van der Waals surface area (Å²) in [6.45, 7) is 4.00. The van der Waals surface area contributed by atoms with Gasteiger partial charge in [-0.2, -0.15) is 5.26 Å². The number of nitriles is 1. The molecule has 0 saturated carbocycles. The van der Waals surface area contributed by atoms with E-state index in [-0.39, 0.29) is 11.7 Å². The summed E-state index contributed by atoms with van der Waals surface area (Å²) < 4.78 is 0. The predicted molar refractivity (Wildman–Crippen MR) is 73.3 cm³/mol. The Bertz CT molecular complexity index is 438. The number of rotatable bonds is 6. The molecular formula is C15H18ClNO. The Labute approximate surface area is 114 Å². The van der Waals surface area contributed by atoms with Gasteiger partial charge >= 0.3 is 0 Å². The van der Waals surface area contributed by atoms with Crippen LogP contribution in [0.15, 0.2) is 30.3 Å². The van der Waals surface area contributed by atoms with Crippen LogP contribution < -0.4 is 0 Å². The summed E-state index contributed by atoms with van der Waals surface area (Å²) in [7, 11) is 0. The van der Waals surface area contributed by atoms with Gasteiger partial charge in [-0.05, 0) is 42.8 Å². The van der Waals surface area contributed by atoms with Gasteiger partial charge in [-0.1, -0.05) is 37.3 Å². The third kappa shape index (κ3) is 4.50. The predicted octanol–water partition coefficient (Wildman–Crippen LogP) is 4.26. The first-order valence-electron chi connectivity index (χ1n) is 6.11. The van der Waals surface area contributed by atoms with Gasteiger partial charge in [0.1, 0.15) is 0 Å². The number of hydrogen-bond donors (Lipinski definition) is 0. The molecule has 18 heavy (non-hydrogen) atoms. The van der Waals surface area contributed by atoms with Crippen molar-refractivity contribution in [2.75, 3.05) is 0 Å². The van der Waals surface area contributed by atoms with Crippen molar-refractivity contribution in [3.05, 3.63) is 35.9 Å². The van der Waals surface area contributed by atoms with Gasteiger partial charge in [-0.3, -0.25) is 4.79 Å². The van der Waals surface area contributed by atoms with Crippen LogP contribution in [0.1, 0.15) is 44.6 Å². The highest BCUT2D eigenvalue weighted by molar-refractivity contribution is 6.63. The average Bonchev–Trinajstić information content (AvgIpc) is 2.37. The van der Waals surface area contributed by atoms with Crippen LogP contribution in [0.4, 0.5) is 0 Å². The summed E-state index contributed by atoms with van der Waals surface area (Å²) in [5, 5.41) is 8.92. The Kier molecular flexibility index (Phi) is 5.37. The first-order valence-corrected chi connectivity index (χ1v) is 6.49. The fourth-order valence-corrected chi connectivity index (χ4v) is 2.25. The molecule has 0 amide bonds. The first kappa shape index (κ1) is 14.7. The minimum Gasteiger partial charge on any atom is -0.281 e. The first-order chi connectivity index (χ1) is 8.47. The monoisotopic (exact) mass is 263 g/mol. The smallest absolute Gasteiger partial charge is 0.221 e.